The van der Waals surface area contributed by atoms with E-state index in [4.69, 9.17) is 0 Å². The summed E-state index contributed by atoms with van der Waals surface area (Å²) in [5.41, 5.74) is 0. The minimum atomic E-state index is -0.727. The van der Waals surface area contributed by atoms with Gasteiger partial charge in [0.15, 0.2) is 0 Å². The number of hydrogen-bond donors (Lipinski definition) is 0. The van der Waals surface area contributed by atoms with E-state index >= 15 is 0 Å². The van der Waals surface area contributed by atoms with Crippen LogP contribution in [0, 0.1) is 0 Å². The van der Waals surface area contributed by atoms with E-state index in [1.54, 1.807) is 0 Å². The summed E-state index contributed by atoms with van der Waals surface area (Å²) >= 11 is 6.85. The molecule has 0 atom stereocenters. The van der Waals surface area contributed by atoms with E-state index in [9.17, 15) is 0 Å². The van der Waals surface area contributed by atoms with Crippen LogP contribution in [0.1, 0.15) is 0 Å². The number of halogens is 3. The Morgan fingerprint density at radius 3 is 0.625 bits per heavy atom. The number of hydrogen-bond acceptors (Lipinski definition) is 0. The van der Waals surface area contributed by atoms with Crippen molar-refractivity contribution >= 4 is 49.0 Å². The van der Waals surface area contributed by atoms with Gasteiger partial charge in [-0.05, 0) is 0 Å². The molecule has 0 spiro atoms. The second-order valence-electron chi connectivity index (χ2n) is 0.247. The summed E-state index contributed by atoms with van der Waals surface area (Å²) in [6, 6.07) is 0. The third-order valence-corrected chi connectivity index (χ3v) is 0. The molecule has 0 aliphatic rings. The molecule has 0 amide bonds. The SMILES string of the molecule is O.O.O.O.[I][Y]([I])[I]. The summed E-state index contributed by atoms with van der Waals surface area (Å²) in [5, 5.41) is 0. The Morgan fingerprint density at radius 2 is 0.625 bits per heavy atom. The standard InChI is InChI=1S/3HI.4H2O.Y/h3*1H;4*1H2;/q;;;;;;;+3/p-3. The average Bonchev–Trinajstić information content (AvgIpc) is 0.811. The van der Waals surface area contributed by atoms with Gasteiger partial charge in [0.05, 0.1) is 0 Å². The van der Waals surface area contributed by atoms with Crippen LogP contribution in [0.3, 0.4) is 0 Å². The molecule has 0 saturated carbocycles. The van der Waals surface area contributed by atoms with Gasteiger partial charge in [-0.3, -0.25) is 0 Å². The van der Waals surface area contributed by atoms with Crippen molar-refractivity contribution < 1.29 is 35.0 Å². The van der Waals surface area contributed by atoms with Crippen molar-refractivity contribution in [1.82, 2.24) is 0 Å². The van der Waals surface area contributed by atoms with Crippen LogP contribution in [-0.2, 0) is 13.1 Å². The predicted octanol–water partition coefficient (Wildman–Crippen LogP) is -0.644. The van der Waals surface area contributed by atoms with Gasteiger partial charge in [0.1, 0.15) is 0 Å². The molecular formula is H8I3O4Y. The summed E-state index contributed by atoms with van der Waals surface area (Å²) in [7, 11) is 0. The summed E-state index contributed by atoms with van der Waals surface area (Å²) in [6.45, 7) is 0. The van der Waals surface area contributed by atoms with Gasteiger partial charge in [0.25, 0.3) is 0 Å². The first-order valence-electron chi connectivity index (χ1n) is 0.655. The van der Waals surface area contributed by atoms with Crippen molar-refractivity contribution in [3.05, 3.63) is 0 Å². The quantitative estimate of drug-likeness (QED) is 0.362. The molecule has 0 aromatic rings. The molecule has 0 aromatic carbocycles. The van der Waals surface area contributed by atoms with Crippen LogP contribution in [0.4, 0.5) is 0 Å². The fourth-order valence-electron chi connectivity index (χ4n) is 0. The molecule has 0 rings (SSSR count). The van der Waals surface area contributed by atoms with Crippen LogP contribution in [0.15, 0.2) is 0 Å². The van der Waals surface area contributed by atoms with Gasteiger partial charge in [-0.2, -0.15) is 0 Å². The molecule has 0 bridgehead atoms. The Morgan fingerprint density at radius 1 is 0.625 bits per heavy atom. The molecule has 8 heteroatoms. The topological polar surface area (TPSA) is 126 Å². The molecular weight excluding hydrogens is 534 g/mol. The van der Waals surface area contributed by atoms with Crippen molar-refractivity contribution in [1.29, 1.82) is 0 Å². The number of rotatable bonds is 0. The monoisotopic (exact) mass is 542 g/mol. The van der Waals surface area contributed by atoms with Crippen LogP contribution in [0.5, 0.6) is 0 Å². The first-order chi connectivity index (χ1) is 1.73. The van der Waals surface area contributed by atoms with Crippen molar-refractivity contribution in [2.75, 3.05) is 0 Å². The van der Waals surface area contributed by atoms with Gasteiger partial charge >= 0.3 is 62.1 Å². The molecule has 0 aliphatic heterocycles. The van der Waals surface area contributed by atoms with Gasteiger partial charge in [-0.1, -0.05) is 0 Å². The molecule has 56 valence electrons. The van der Waals surface area contributed by atoms with E-state index < -0.39 is 13.1 Å². The van der Waals surface area contributed by atoms with E-state index in [0.717, 1.165) is 0 Å². The summed E-state index contributed by atoms with van der Waals surface area (Å²) in [4.78, 5) is 0. The van der Waals surface area contributed by atoms with Gasteiger partial charge in [0, 0.05) is 0 Å². The fourth-order valence-corrected chi connectivity index (χ4v) is 0. The Labute approximate surface area is 81.6 Å². The Bertz CT molecular complexity index is 16.0. The molecule has 4 nitrogen and oxygen atoms in total. The summed E-state index contributed by atoms with van der Waals surface area (Å²) in [5.74, 6) is 0. The van der Waals surface area contributed by atoms with Crippen molar-refractivity contribution in [2.24, 2.45) is 0 Å². The van der Waals surface area contributed by atoms with Gasteiger partial charge in [-0.15, -0.1) is 0 Å². The molecule has 0 heterocycles. The van der Waals surface area contributed by atoms with Crippen LogP contribution in [0.25, 0.3) is 0 Å². The van der Waals surface area contributed by atoms with E-state index in [1.807, 2.05) is 0 Å². The molecule has 0 fully saturated rings. The zero-order chi connectivity index (χ0) is 3.58. The van der Waals surface area contributed by atoms with E-state index in [1.165, 1.54) is 0 Å². The maximum atomic E-state index is 2.53. The molecule has 0 unspecified atom stereocenters. The van der Waals surface area contributed by atoms with Crippen LogP contribution < -0.4 is 0 Å². The molecule has 8 N–H and O–H groups in total. The molecule has 0 saturated heterocycles. The van der Waals surface area contributed by atoms with Crippen molar-refractivity contribution in [2.45, 2.75) is 0 Å². The van der Waals surface area contributed by atoms with Gasteiger partial charge < -0.3 is 21.9 Å². The second-order valence-corrected chi connectivity index (χ2v) is 65.9. The van der Waals surface area contributed by atoms with E-state index in [-0.39, 0.29) is 21.9 Å². The molecule has 0 aromatic heterocycles. The first kappa shape index (κ1) is 30.4. The summed E-state index contributed by atoms with van der Waals surface area (Å²) in [6.07, 6.45) is 0. The third kappa shape index (κ3) is 61.5. The predicted molar refractivity (Wildman–Crippen MR) is 56.5 cm³/mol. The fraction of sp³-hybridized carbons (Fsp3) is 0. The third-order valence-electron chi connectivity index (χ3n) is 0. The first-order valence-corrected chi connectivity index (χ1v) is 26.0. The summed E-state index contributed by atoms with van der Waals surface area (Å²) < 4.78 is 0. The average molecular weight is 542 g/mol. The normalized spacial score (nSPS) is 3.38. The Balaban J connectivity index is -0.00000000750. The second kappa shape index (κ2) is 22.5. The van der Waals surface area contributed by atoms with E-state index in [2.05, 4.69) is 49.0 Å². The molecule has 0 aliphatic carbocycles. The van der Waals surface area contributed by atoms with Crippen LogP contribution >= 0.6 is 49.0 Å². The van der Waals surface area contributed by atoms with Gasteiger partial charge in [0.2, 0.25) is 0 Å². The van der Waals surface area contributed by atoms with Crippen molar-refractivity contribution in [3.8, 4) is 0 Å². The van der Waals surface area contributed by atoms with Crippen molar-refractivity contribution in [3.63, 3.8) is 0 Å². The van der Waals surface area contributed by atoms with Crippen LogP contribution in [-0.4, -0.2) is 21.9 Å². The van der Waals surface area contributed by atoms with Gasteiger partial charge in [-0.25, -0.2) is 0 Å². The zero-order valence-electron chi connectivity index (χ0n) is 3.71. The Kier molecular flexibility index (Phi) is 85.4. The maximum absolute atomic E-state index is 2.53. The van der Waals surface area contributed by atoms with E-state index in [0.29, 0.717) is 0 Å². The minimum absolute atomic E-state index is 0. The Hall–Kier alpha value is 3.13. The van der Waals surface area contributed by atoms with Crippen LogP contribution in [0.2, 0.25) is 0 Å². The zero-order valence-corrected chi connectivity index (χ0v) is 13.0. The molecule has 8 heavy (non-hydrogen) atoms. The molecule has 0 radical (unpaired) electrons.